The molecule has 0 aliphatic carbocycles. The zero-order chi connectivity index (χ0) is 13.8. The van der Waals surface area contributed by atoms with Crippen LogP contribution in [-0.4, -0.2) is 27.0 Å². The Morgan fingerprint density at radius 2 is 2.37 bits per heavy atom. The molecule has 0 fully saturated rings. The van der Waals surface area contributed by atoms with Crippen LogP contribution in [0.2, 0.25) is 0 Å². The lowest BCUT2D eigenvalue weighted by atomic mass is 10.5. The molecule has 0 N–H and O–H groups in total. The highest BCUT2D eigenvalue weighted by Crippen LogP contribution is 2.32. The van der Waals surface area contributed by atoms with E-state index in [9.17, 15) is 14.9 Å². The summed E-state index contributed by atoms with van der Waals surface area (Å²) in [6.45, 7) is 1.98. The smallest absolute Gasteiger partial charge is 0.433 e. The van der Waals surface area contributed by atoms with Gasteiger partial charge in [-0.15, -0.1) is 10.2 Å². The third-order valence-electron chi connectivity index (χ3n) is 1.82. The summed E-state index contributed by atoms with van der Waals surface area (Å²) in [4.78, 5) is 21.1. The highest BCUT2D eigenvalue weighted by atomic mass is 32.2. The molecule has 0 saturated carbocycles. The van der Waals surface area contributed by atoms with Gasteiger partial charge in [-0.3, -0.25) is 10.1 Å². The molecule has 0 aliphatic heterocycles. The third kappa shape index (κ3) is 3.29. The van der Waals surface area contributed by atoms with E-state index in [1.165, 1.54) is 12.1 Å². The second kappa shape index (κ2) is 5.80. The first kappa shape index (κ1) is 13.5. The number of hydrogen-bond acceptors (Lipinski definition) is 9. The van der Waals surface area contributed by atoms with Crippen LogP contribution >= 0.6 is 23.1 Å². The molecule has 0 aromatic carbocycles. The Hall–Kier alpha value is -1.94. The van der Waals surface area contributed by atoms with Gasteiger partial charge in [-0.25, -0.2) is 4.79 Å². The molecule has 0 spiro atoms. The molecule has 0 saturated heterocycles. The quantitative estimate of drug-likeness (QED) is 0.367. The first-order valence-electron chi connectivity index (χ1n) is 5.03. The first-order chi connectivity index (χ1) is 9.10. The van der Waals surface area contributed by atoms with Crippen LogP contribution in [0.15, 0.2) is 20.9 Å². The number of rotatable bonds is 4. The molecule has 100 valence electrons. The van der Waals surface area contributed by atoms with Crippen molar-refractivity contribution in [3.8, 4) is 10.8 Å². The van der Waals surface area contributed by atoms with Crippen molar-refractivity contribution in [2.75, 3.05) is 6.61 Å². The van der Waals surface area contributed by atoms with Crippen LogP contribution in [0, 0.1) is 10.1 Å². The lowest BCUT2D eigenvalue weighted by Gasteiger charge is -1.95. The van der Waals surface area contributed by atoms with Crippen molar-refractivity contribution in [3.05, 3.63) is 22.2 Å². The van der Waals surface area contributed by atoms with Gasteiger partial charge in [0, 0.05) is 11.8 Å². The second-order valence-corrected chi connectivity index (χ2v) is 5.21. The van der Waals surface area contributed by atoms with Crippen molar-refractivity contribution in [3.63, 3.8) is 0 Å². The summed E-state index contributed by atoms with van der Waals surface area (Å²) in [6.07, 6.45) is 0. The van der Waals surface area contributed by atoms with Gasteiger partial charge in [0.05, 0.1) is 12.7 Å². The van der Waals surface area contributed by atoms with E-state index in [0.29, 0.717) is 9.35 Å². The number of thioether (sulfide) groups is 1. The van der Waals surface area contributed by atoms with Crippen LogP contribution in [-0.2, 0) is 4.74 Å². The van der Waals surface area contributed by atoms with Crippen LogP contribution in [0.3, 0.4) is 0 Å². The predicted octanol–water partition coefficient (Wildman–Crippen LogP) is 2.95. The number of nitro groups is 1. The number of ether oxygens (including phenoxy) is 1. The molecule has 0 bridgehead atoms. The number of carbonyl (C=O) groups excluding carboxylic acids is 1. The number of nitrogens with zero attached hydrogens (tertiary/aromatic N) is 3. The molecule has 8 nitrogen and oxygen atoms in total. The van der Waals surface area contributed by atoms with E-state index in [2.05, 4.69) is 10.2 Å². The molecule has 0 unspecified atom stereocenters. The van der Waals surface area contributed by atoms with E-state index in [-0.39, 0.29) is 18.3 Å². The normalized spacial score (nSPS) is 10.4. The van der Waals surface area contributed by atoms with Crippen LogP contribution in [0.4, 0.5) is 10.7 Å². The maximum atomic E-state index is 11.2. The average Bonchev–Trinajstić information content (AvgIpc) is 2.96. The Bertz CT molecular complexity index is 609. The van der Waals surface area contributed by atoms with E-state index < -0.39 is 10.2 Å². The van der Waals surface area contributed by atoms with Gasteiger partial charge >= 0.3 is 11.2 Å². The Morgan fingerprint density at radius 3 is 3.00 bits per heavy atom. The molecular weight excluding hydrogens is 294 g/mol. The zero-order valence-corrected chi connectivity index (χ0v) is 11.2. The lowest BCUT2D eigenvalue weighted by Crippen LogP contribution is -1.95. The Balaban J connectivity index is 2.11. The van der Waals surface area contributed by atoms with Crippen LogP contribution < -0.4 is 0 Å². The summed E-state index contributed by atoms with van der Waals surface area (Å²) in [5.41, 5.74) is 0. The van der Waals surface area contributed by atoms with Crippen molar-refractivity contribution < 1.29 is 18.9 Å². The molecule has 0 radical (unpaired) electrons. The molecule has 0 amide bonds. The van der Waals surface area contributed by atoms with Gasteiger partial charge in [-0.1, -0.05) is 11.3 Å². The van der Waals surface area contributed by atoms with E-state index in [1.54, 1.807) is 6.92 Å². The highest BCUT2D eigenvalue weighted by molar-refractivity contribution is 8.14. The molecule has 2 rings (SSSR count). The topological polar surface area (TPSA) is 108 Å². The van der Waals surface area contributed by atoms with Crippen molar-refractivity contribution in [1.82, 2.24) is 10.2 Å². The van der Waals surface area contributed by atoms with E-state index in [1.807, 2.05) is 0 Å². The summed E-state index contributed by atoms with van der Waals surface area (Å²) in [6, 6.07) is 2.66. The second-order valence-electron chi connectivity index (χ2n) is 3.05. The van der Waals surface area contributed by atoms with Gasteiger partial charge in [-0.2, -0.15) is 0 Å². The largest absolute Gasteiger partial charge is 0.458 e. The molecule has 0 atom stereocenters. The summed E-state index contributed by atoms with van der Waals surface area (Å²) >= 11 is 1.89. The van der Waals surface area contributed by atoms with Gasteiger partial charge in [0.2, 0.25) is 0 Å². The van der Waals surface area contributed by atoms with Gasteiger partial charge < -0.3 is 9.15 Å². The minimum atomic E-state index is -0.640. The number of furan rings is 1. The molecule has 2 aromatic heterocycles. The fraction of sp³-hybridized carbons (Fsp3) is 0.222. The summed E-state index contributed by atoms with van der Waals surface area (Å²) in [5.74, 6) is -0.135. The van der Waals surface area contributed by atoms with Crippen LogP contribution in [0.1, 0.15) is 6.92 Å². The van der Waals surface area contributed by atoms with Crippen molar-refractivity contribution in [2.45, 2.75) is 11.3 Å². The fourth-order valence-electron chi connectivity index (χ4n) is 1.11. The molecular formula is C9H7N3O5S2. The summed E-state index contributed by atoms with van der Waals surface area (Å²) in [5, 5.41) is 17.9. The minimum Gasteiger partial charge on any atom is -0.458 e. The minimum absolute atomic E-state index is 0.236. The Labute approximate surface area is 114 Å². The number of hydrogen-bond donors (Lipinski definition) is 0. The van der Waals surface area contributed by atoms with Gasteiger partial charge in [-0.05, 0) is 13.0 Å². The van der Waals surface area contributed by atoms with Crippen molar-refractivity contribution >= 4 is 34.3 Å². The lowest BCUT2D eigenvalue weighted by molar-refractivity contribution is -0.401. The van der Waals surface area contributed by atoms with Gasteiger partial charge in [0.25, 0.3) is 0 Å². The van der Waals surface area contributed by atoms with E-state index in [0.717, 1.165) is 23.1 Å². The maximum absolute atomic E-state index is 11.2. The van der Waals surface area contributed by atoms with Crippen LogP contribution in [0.5, 0.6) is 0 Å². The van der Waals surface area contributed by atoms with Crippen molar-refractivity contribution in [1.29, 1.82) is 0 Å². The SMILES string of the molecule is CCOC(=O)Sc1nnc(-c2ccc([N+](=O)[O-])o2)s1. The number of carbonyl (C=O) groups is 1. The zero-order valence-electron chi connectivity index (χ0n) is 9.56. The third-order valence-corrected chi connectivity index (χ3v) is 3.60. The summed E-state index contributed by atoms with van der Waals surface area (Å²) in [7, 11) is 0. The predicted molar refractivity (Wildman–Crippen MR) is 67.1 cm³/mol. The monoisotopic (exact) mass is 301 g/mol. The average molecular weight is 301 g/mol. The number of aromatic nitrogens is 2. The molecule has 2 heterocycles. The standard InChI is InChI=1S/C9H7N3O5S2/c1-2-16-9(13)19-8-11-10-7(18-8)5-3-4-6(17-5)12(14)15/h3-4H,2H2,1H3. The molecule has 19 heavy (non-hydrogen) atoms. The van der Waals surface area contributed by atoms with Crippen molar-refractivity contribution in [2.24, 2.45) is 0 Å². The molecule has 0 aliphatic rings. The van der Waals surface area contributed by atoms with Gasteiger partial charge in [0.15, 0.2) is 15.1 Å². The molecule has 10 heteroatoms. The Morgan fingerprint density at radius 1 is 1.58 bits per heavy atom. The molecule has 2 aromatic rings. The Kier molecular flexibility index (Phi) is 4.12. The summed E-state index contributed by atoms with van der Waals surface area (Å²) < 4.78 is 10.1. The van der Waals surface area contributed by atoms with Gasteiger partial charge in [0.1, 0.15) is 4.92 Å². The van der Waals surface area contributed by atoms with E-state index in [4.69, 9.17) is 9.15 Å². The van der Waals surface area contributed by atoms with E-state index >= 15 is 0 Å². The van der Waals surface area contributed by atoms with Crippen LogP contribution in [0.25, 0.3) is 10.8 Å². The fourth-order valence-corrected chi connectivity index (χ4v) is 2.66. The first-order valence-corrected chi connectivity index (χ1v) is 6.66. The maximum Gasteiger partial charge on any atom is 0.433 e. The highest BCUT2D eigenvalue weighted by Gasteiger charge is 2.18.